The first-order chi connectivity index (χ1) is 16.2. The van der Waals surface area contributed by atoms with Crippen LogP contribution in [0.1, 0.15) is 12.0 Å². The highest BCUT2D eigenvalue weighted by Crippen LogP contribution is 2.64. The number of carboxylic acids is 1. The summed E-state index contributed by atoms with van der Waals surface area (Å²) in [4.78, 5) is 13.5. The second-order valence-corrected chi connectivity index (χ2v) is 12.2. The molecule has 0 amide bonds. The van der Waals surface area contributed by atoms with E-state index >= 15 is 0 Å². The molecule has 1 saturated carbocycles. The number of carboxylic acid groups (broad SMARTS) is 1. The number of nitrogens with zero attached hydrogens (tertiary/aromatic N) is 1. The lowest BCUT2D eigenvalue weighted by Gasteiger charge is -2.30. The lowest BCUT2D eigenvalue weighted by atomic mass is 9.91. The Hall–Kier alpha value is -2.27. The van der Waals surface area contributed by atoms with E-state index in [1.54, 1.807) is 54.6 Å². The Bertz CT molecular complexity index is 1330. The molecule has 2 aromatic carbocycles. The fourth-order valence-corrected chi connectivity index (χ4v) is 8.24. The van der Waals surface area contributed by atoms with Gasteiger partial charge < -0.3 is 14.9 Å². The summed E-state index contributed by atoms with van der Waals surface area (Å²) >= 11 is 7.03. The number of aliphatic carboxylic acids is 1. The van der Waals surface area contributed by atoms with Crippen molar-refractivity contribution in [3.05, 3.63) is 77.3 Å². The van der Waals surface area contributed by atoms with Crippen LogP contribution in [0.15, 0.2) is 70.9 Å². The Morgan fingerprint density at radius 3 is 2.47 bits per heavy atom. The van der Waals surface area contributed by atoms with Crippen molar-refractivity contribution in [3.8, 4) is 10.4 Å². The predicted molar refractivity (Wildman–Crippen MR) is 129 cm³/mol. The van der Waals surface area contributed by atoms with Gasteiger partial charge in [0.05, 0.1) is 24.7 Å². The van der Waals surface area contributed by atoms with E-state index in [1.165, 1.54) is 6.07 Å². The molecule has 34 heavy (non-hydrogen) atoms. The summed E-state index contributed by atoms with van der Waals surface area (Å²) in [7, 11) is -4.23. The van der Waals surface area contributed by atoms with Crippen molar-refractivity contribution < 1.29 is 28.2 Å². The van der Waals surface area contributed by atoms with E-state index in [0.29, 0.717) is 10.6 Å². The maximum absolute atomic E-state index is 13.9. The molecule has 2 aliphatic rings. The summed E-state index contributed by atoms with van der Waals surface area (Å²) in [6.07, 6.45) is -0.748. The van der Waals surface area contributed by atoms with Crippen molar-refractivity contribution in [2.45, 2.75) is 27.7 Å². The van der Waals surface area contributed by atoms with E-state index in [-0.39, 0.29) is 23.8 Å². The third kappa shape index (κ3) is 3.50. The number of aliphatic hydroxyl groups excluding tert-OH is 1. The predicted octanol–water partition coefficient (Wildman–Crippen LogP) is 3.62. The summed E-state index contributed by atoms with van der Waals surface area (Å²) in [5.41, 5.74) is -1.25. The topological polar surface area (TPSA) is 104 Å². The normalized spacial score (nSPS) is 27.1. The number of aliphatic hydroxyl groups is 1. The average molecular weight is 520 g/mol. The molecule has 1 saturated heterocycles. The zero-order valence-corrected chi connectivity index (χ0v) is 20.3. The molecular formula is C24H22ClNO6S2. The molecule has 0 radical (unpaired) electrons. The molecular weight excluding hydrogens is 498 g/mol. The first-order valence-corrected chi connectivity index (χ1v) is 13.3. The van der Waals surface area contributed by atoms with Gasteiger partial charge in [0.25, 0.3) is 10.0 Å². The standard InChI is InChI=1S/C24H22ClNO6S2/c25-18-8-6-16(7-9-18)20-10-11-21(33-20)34(30,31)26-12-19(13-27)32-15-23(14-24(23,26)22(28)29)17-4-2-1-3-5-17/h1-11,19,27H,12-15H2,(H,28,29). The number of ether oxygens (including phenoxy) is 1. The fourth-order valence-electron chi connectivity index (χ4n) is 4.86. The van der Waals surface area contributed by atoms with Crippen LogP contribution in [0.5, 0.6) is 0 Å². The molecule has 1 aliphatic heterocycles. The number of rotatable bonds is 6. The van der Waals surface area contributed by atoms with Crippen LogP contribution in [-0.2, 0) is 25.0 Å². The molecule has 1 aromatic heterocycles. The Kier molecular flexibility index (Phi) is 5.83. The van der Waals surface area contributed by atoms with Crippen molar-refractivity contribution in [1.29, 1.82) is 0 Å². The minimum Gasteiger partial charge on any atom is -0.480 e. The van der Waals surface area contributed by atoms with Crippen LogP contribution in [0.3, 0.4) is 0 Å². The van der Waals surface area contributed by atoms with Crippen LogP contribution >= 0.6 is 22.9 Å². The van der Waals surface area contributed by atoms with E-state index in [1.807, 2.05) is 6.07 Å². The van der Waals surface area contributed by atoms with Gasteiger partial charge in [-0.25, -0.2) is 8.42 Å². The molecule has 3 unspecified atom stereocenters. The van der Waals surface area contributed by atoms with Crippen LogP contribution < -0.4 is 0 Å². The van der Waals surface area contributed by atoms with Gasteiger partial charge in [-0.15, -0.1) is 11.3 Å². The highest BCUT2D eigenvalue weighted by molar-refractivity contribution is 7.91. The van der Waals surface area contributed by atoms with Crippen molar-refractivity contribution in [2.24, 2.45) is 0 Å². The van der Waals surface area contributed by atoms with E-state index in [0.717, 1.165) is 26.1 Å². The van der Waals surface area contributed by atoms with Crippen LogP contribution in [0.4, 0.5) is 0 Å². The van der Waals surface area contributed by atoms with Gasteiger partial charge in [-0.05, 0) is 41.8 Å². The molecule has 3 aromatic rings. The van der Waals surface area contributed by atoms with Crippen molar-refractivity contribution in [1.82, 2.24) is 4.31 Å². The van der Waals surface area contributed by atoms with Gasteiger partial charge in [0.2, 0.25) is 0 Å². The molecule has 0 spiro atoms. The summed E-state index contributed by atoms with van der Waals surface area (Å²) in [6.45, 7) is -0.679. The molecule has 2 N–H and O–H groups in total. The average Bonchev–Trinajstić information content (AvgIpc) is 3.30. The third-order valence-electron chi connectivity index (χ3n) is 6.72. The smallest absolute Gasteiger partial charge is 0.326 e. The molecule has 0 bridgehead atoms. The first-order valence-electron chi connectivity index (χ1n) is 10.6. The number of halogens is 1. The van der Waals surface area contributed by atoms with Crippen molar-refractivity contribution in [2.75, 3.05) is 19.8 Å². The van der Waals surface area contributed by atoms with E-state index in [4.69, 9.17) is 16.3 Å². The molecule has 10 heteroatoms. The summed E-state index contributed by atoms with van der Waals surface area (Å²) in [5.74, 6) is -1.23. The van der Waals surface area contributed by atoms with Gasteiger partial charge in [-0.3, -0.25) is 4.79 Å². The van der Waals surface area contributed by atoms with Gasteiger partial charge in [-0.2, -0.15) is 4.31 Å². The summed E-state index contributed by atoms with van der Waals surface area (Å²) < 4.78 is 34.8. The number of benzene rings is 2. The molecule has 178 valence electrons. The van der Waals surface area contributed by atoms with Crippen LogP contribution in [0.2, 0.25) is 5.02 Å². The third-order valence-corrected chi connectivity index (χ3v) is 10.5. The Labute approximate surface area is 206 Å². The molecule has 5 rings (SSSR count). The lowest BCUT2D eigenvalue weighted by Crippen LogP contribution is -2.53. The van der Waals surface area contributed by atoms with Gasteiger partial charge in [0, 0.05) is 16.4 Å². The monoisotopic (exact) mass is 519 g/mol. The quantitative estimate of drug-likeness (QED) is 0.515. The number of thiophene rings is 1. The Morgan fingerprint density at radius 1 is 1.12 bits per heavy atom. The number of hydrogen-bond donors (Lipinski definition) is 2. The first kappa shape index (κ1) is 23.5. The zero-order valence-electron chi connectivity index (χ0n) is 17.9. The lowest BCUT2D eigenvalue weighted by molar-refractivity contribution is -0.143. The fraction of sp³-hybridized carbons (Fsp3) is 0.292. The van der Waals surface area contributed by atoms with E-state index < -0.39 is 39.7 Å². The largest absolute Gasteiger partial charge is 0.480 e. The summed E-state index contributed by atoms with van der Waals surface area (Å²) in [6, 6.07) is 19.2. The van der Waals surface area contributed by atoms with Gasteiger partial charge in [-0.1, -0.05) is 54.1 Å². The minimum absolute atomic E-state index is 0.00102. The van der Waals surface area contributed by atoms with Gasteiger partial charge >= 0.3 is 5.97 Å². The number of hydrogen-bond acceptors (Lipinski definition) is 6. The van der Waals surface area contributed by atoms with Gasteiger partial charge in [0.15, 0.2) is 0 Å². The number of carbonyl (C=O) groups is 1. The number of fused-ring (bicyclic) bond motifs is 1. The SMILES string of the molecule is O=C(O)C12CC1(c1ccccc1)COC(CO)CN2S(=O)(=O)c1ccc(-c2ccc(Cl)cc2)s1. The molecule has 7 nitrogen and oxygen atoms in total. The zero-order chi connectivity index (χ0) is 24.1. The van der Waals surface area contributed by atoms with Crippen molar-refractivity contribution in [3.63, 3.8) is 0 Å². The second kappa shape index (κ2) is 8.44. The number of sulfonamides is 1. The Morgan fingerprint density at radius 2 is 1.82 bits per heavy atom. The highest BCUT2D eigenvalue weighted by atomic mass is 35.5. The van der Waals surface area contributed by atoms with Crippen LogP contribution in [-0.4, -0.2) is 60.3 Å². The maximum Gasteiger partial charge on any atom is 0.326 e. The highest BCUT2D eigenvalue weighted by Gasteiger charge is 2.79. The van der Waals surface area contributed by atoms with Crippen LogP contribution in [0, 0.1) is 0 Å². The molecule has 2 heterocycles. The molecule has 3 atom stereocenters. The second-order valence-electron chi connectivity index (χ2n) is 8.57. The maximum atomic E-state index is 13.9. The van der Waals surface area contributed by atoms with E-state index in [2.05, 4.69) is 0 Å². The molecule has 2 fully saturated rings. The minimum atomic E-state index is -4.23. The van der Waals surface area contributed by atoms with Gasteiger partial charge in [0.1, 0.15) is 9.75 Å². The summed E-state index contributed by atoms with van der Waals surface area (Å²) in [5, 5.41) is 20.8. The van der Waals surface area contributed by atoms with Crippen molar-refractivity contribution >= 4 is 38.9 Å². The van der Waals surface area contributed by atoms with Crippen LogP contribution in [0.25, 0.3) is 10.4 Å². The molecule has 1 aliphatic carbocycles. The van der Waals surface area contributed by atoms with E-state index in [9.17, 15) is 23.4 Å². The Balaban J connectivity index is 1.60.